The first kappa shape index (κ1) is 15.7. The van der Waals surface area contributed by atoms with E-state index in [2.05, 4.69) is 5.32 Å². The molecule has 0 bridgehead atoms. The summed E-state index contributed by atoms with van der Waals surface area (Å²) in [5.41, 5.74) is 0.698. The van der Waals surface area contributed by atoms with Crippen LogP contribution in [-0.4, -0.2) is 53.6 Å². The quantitative estimate of drug-likeness (QED) is 0.820. The van der Waals surface area contributed by atoms with E-state index >= 15 is 0 Å². The van der Waals surface area contributed by atoms with Gasteiger partial charge < -0.3 is 20.1 Å². The fourth-order valence-electron chi connectivity index (χ4n) is 1.95. The molecule has 0 radical (unpaired) electrons. The van der Waals surface area contributed by atoms with Gasteiger partial charge in [-0.05, 0) is 17.7 Å². The Morgan fingerprint density at radius 2 is 2.19 bits per heavy atom. The summed E-state index contributed by atoms with van der Waals surface area (Å²) in [4.78, 5) is 24.6. The van der Waals surface area contributed by atoms with Crippen LogP contribution in [-0.2, 0) is 4.79 Å². The molecule has 0 aromatic heterocycles. The van der Waals surface area contributed by atoms with Gasteiger partial charge in [-0.2, -0.15) is 0 Å². The standard InChI is InChI=1S/C14H18N2O4S/c1-20-11-4-2-10(3-5-11)12(17)8-15-13(18)9-16-6-7-21-14(16)19/h2-5,12,17H,6-9H2,1H3,(H,15,18)/t12-/m1/s1. The summed E-state index contributed by atoms with van der Waals surface area (Å²) >= 11 is 1.22. The first-order valence-corrected chi connectivity index (χ1v) is 7.59. The Bertz CT molecular complexity index is 506. The van der Waals surface area contributed by atoms with Gasteiger partial charge in [-0.25, -0.2) is 0 Å². The Balaban J connectivity index is 1.78. The highest BCUT2D eigenvalue weighted by Gasteiger charge is 2.23. The number of benzene rings is 1. The number of aliphatic hydroxyl groups is 1. The molecule has 1 saturated heterocycles. The molecule has 1 heterocycles. The zero-order valence-electron chi connectivity index (χ0n) is 11.7. The van der Waals surface area contributed by atoms with Crippen molar-refractivity contribution < 1.29 is 19.4 Å². The number of thioether (sulfide) groups is 1. The molecule has 1 fully saturated rings. The van der Waals surface area contributed by atoms with Gasteiger partial charge >= 0.3 is 0 Å². The third-order valence-corrected chi connectivity index (χ3v) is 4.06. The second-order valence-corrected chi connectivity index (χ2v) is 5.68. The van der Waals surface area contributed by atoms with Gasteiger partial charge in [-0.1, -0.05) is 23.9 Å². The fraction of sp³-hybridized carbons (Fsp3) is 0.429. The van der Waals surface area contributed by atoms with Crippen molar-refractivity contribution in [1.82, 2.24) is 10.2 Å². The Morgan fingerprint density at radius 3 is 2.76 bits per heavy atom. The number of methoxy groups -OCH3 is 1. The van der Waals surface area contributed by atoms with Crippen LogP contribution in [0.25, 0.3) is 0 Å². The summed E-state index contributed by atoms with van der Waals surface area (Å²) in [5.74, 6) is 1.17. The van der Waals surface area contributed by atoms with Crippen LogP contribution in [0.1, 0.15) is 11.7 Å². The lowest BCUT2D eigenvalue weighted by Crippen LogP contribution is -2.38. The Labute approximate surface area is 127 Å². The first-order valence-electron chi connectivity index (χ1n) is 6.60. The van der Waals surface area contributed by atoms with Crippen molar-refractivity contribution in [1.29, 1.82) is 0 Å². The van der Waals surface area contributed by atoms with E-state index in [0.717, 1.165) is 5.75 Å². The highest BCUT2D eigenvalue weighted by molar-refractivity contribution is 8.13. The normalized spacial score (nSPS) is 15.9. The van der Waals surface area contributed by atoms with Gasteiger partial charge in [0, 0.05) is 18.8 Å². The van der Waals surface area contributed by atoms with Crippen LogP contribution < -0.4 is 10.1 Å². The van der Waals surface area contributed by atoms with Crippen molar-refractivity contribution in [2.75, 3.05) is 32.5 Å². The molecular weight excluding hydrogens is 292 g/mol. The van der Waals surface area contributed by atoms with Gasteiger partial charge in [0.25, 0.3) is 5.24 Å². The van der Waals surface area contributed by atoms with Crippen molar-refractivity contribution >= 4 is 22.9 Å². The minimum Gasteiger partial charge on any atom is -0.497 e. The van der Waals surface area contributed by atoms with Crippen LogP contribution >= 0.6 is 11.8 Å². The molecule has 21 heavy (non-hydrogen) atoms. The summed E-state index contributed by atoms with van der Waals surface area (Å²) in [5, 5.41) is 12.6. The predicted molar refractivity (Wildman–Crippen MR) is 80.4 cm³/mol. The second kappa shape index (κ2) is 7.33. The summed E-state index contributed by atoms with van der Waals surface area (Å²) in [6.07, 6.45) is -0.788. The molecule has 7 heteroatoms. The number of amides is 2. The van der Waals surface area contributed by atoms with Crippen LogP contribution in [0.15, 0.2) is 24.3 Å². The number of hydrogen-bond acceptors (Lipinski definition) is 5. The maximum atomic E-state index is 11.7. The maximum absolute atomic E-state index is 11.7. The number of ether oxygens (including phenoxy) is 1. The predicted octanol–water partition coefficient (Wildman–Crippen LogP) is 1.01. The molecule has 2 N–H and O–H groups in total. The van der Waals surface area contributed by atoms with E-state index in [9.17, 15) is 14.7 Å². The zero-order valence-corrected chi connectivity index (χ0v) is 12.6. The van der Waals surface area contributed by atoms with E-state index in [-0.39, 0.29) is 24.2 Å². The topological polar surface area (TPSA) is 78.9 Å². The smallest absolute Gasteiger partial charge is 0.282 e. The molecule has 1 aromatic carbocycles. The van der Waals surface area contributed by atoms with E-state index in [1.54, 1.807) is 31.4 Å². The lowest BCUT2D eigenvalue weighted by Gasteiger charge is -2.16. The summed E-state index contributed by atoms with van der Waals surface area (Å²) in [7, 11) is 1.57. The van der Waals surface area contributed by atoms with Crippen molar-refractivity contribution in [3.8, 4) is 5.75 Å². The second-order valence-electron chi connectivity index (χ2n) is 4.63. The number of nitrogens with one attached hydrogen (secondary N) is 1. The average molecular weight is 310 g/mol. The molecule has 1 aliphatic heterocycles. The number of aliphatic hydroxyl groups excluding tert-OH is 1. The first-order chi connectivity index (χ1) is 10.1. The lowest BCUT2D eigenvalue weighted by molar-refractivity contribution is -0.122. The number of carbonyl (C=O) groups excluding carboxylic acids is 2. The lowest BCUT2D eigenvalue weighted by atomic mass is 10.1. The highest BCUT2D eigenvalue weighted by Crippen LogP contribution is 2.18. The van der Waals surface area contributed by atoms with Crippen LogP contribution in [0.5, 0.6) is 5.75 Å². The fourth-order valence-corrected chi connectivity index (χ4v) is 2.78. The molecule has 1 aromatic rings. The summed E-state index contributed by atoms with van der Waals surface area (Å²) in [6.45, 7) is 0.749. The van der Waals surface area contributed by atoms with Crippen LogP contribution in [0.4, 0.5) is 4.79 Å². The molecule has 114 valence electrons. The van der Waals surface area contributed by atoms with Gasteiger partial charge in [-0.3, -0.25) is 9.59 Å². The van der Waals surface area contributed by atoms with Crippen LogP contribution in [0, 0.1) is 0 Å². The average Bonchev–Trinajstić information content (AvgIpc) is 2.90. The Kier molecular flexibility index (Phi) is 5.46. The molecule has 2 amide bonds. The van der Waals surface area contributed by atoms with Gasteiger partial charge in [0.1, 0.15) is 12.3 Å². The largest absolute Gasteiger partial charge is 0.497 e. The summed E-state index contributed by atoms with van der Waals surface area (Å²) in [6, 6.07) is 6.99. The van der Waals surface area contributed by atoms with Gasteiger partial charge in [0.05, 0.1) is 13.2 Å². The van der Waals surface area contributed by atoms with E-state index in [1.807, 2.05) is 0 Å². The number of nitrogens with zero attached hydrogens (tertiary/aromatic N) is 1. The maximum Gasteiger partial charge on any atom is 0.282 e. The van der Waals surface area contributed by atoms with Gasteiger partial charge in [0.2, 0.25) is 5.91 Å². The molecule has 0 saturated carbocycles. The number of carbonyl (C=O) groups is 2. The highest BCUT2D eigenvalue weighted by atomic mass is 32.2. The molecular formula is C14H18N2O4S. The minimum absolute atomic E-state index is 0.0428. The van der Waals surface area contributed by atoms with E-state index in [4.69, 9.17) is 4.74 Å². The SMILES string of the molecule is COc1ccc([C@H](O)CNC(=O)CN2CCSC2=O)cc1. The minimum atomic E-state index is -0.788. The van der Waals surface area contributed by atoms with Gasteiger partial charge in [-0.15, -0.1) is 0 Å². The van der Waals surface area contributed by atoms with Crippen molar-refractivity contribution in [2.24, 2.45) is 0 Å². The zero-order chi connectivity index (χ0) is 15.2. The van der Waals surface area contributed by atoms with Crippen LogP contribution in [0.2, 0.25) is 0 Å². The third kappa shape index (κ3) is 4.37. The van der Waals surface area contributed by atoms with Crippen molar-refractivity contribution in [2.45, 2.75) is 6.10 Å². The van der Waals surface area contributed by atoms with E-state index < -0.39 is 6.10 Å². The number of hydrogen-bond donors (Lipinski definition) is 2. The molecule has 6 nitrogen and oxygen atoms in total. The molecule has 0 aliphatic carbocycles. The Morgan fingerprint density at radius 1 is 1.48 bits per heavy atom. The Hall–Kier alpha value is -1.73. The third-order valence-electron chi connectivity index (χ3n) is 3.17. The molecule has 0 unspecified atom stereocenters. The van der Waals surface area contributed by atoms with Crippen molar-refractivity contribution in [3.05, 3.63) is 29.8 Å². The van der Waals surface area contributed by atoms with E-state index in [0.29, 0.717) is 17.9 Å². The van der Waals surface area contributed by atoms with E-state index in [1.165, 1.54) is 16.7 Å². The summed E-state index contributed by atoms with van der Waals surface area (Å²) < 4.78 is 5.04. The van der Waals surface area contributed by atoms with Crippen LogP contribution in [0.3, 0.4) is 0 Å². The molecule has 1 aliphatic rings. The molecule has 1 atom stereocenters. The monoisotopic (exact) mass is 310 g/mol. The number of rotatable bonds is 6. The molecule has 0 spiro atoms. The van der Waals surface area contributed by atoms with Gasteiger partial charge in [0.15, 0.2) is 0 Å². The van der Waals surface area contributed by atoms with Crippen molar-refractivity contribution in [3.63, 3.8) is 0 Å². The molecule has 2 rings (SSSR count).